The largest absolute Gasteiger partial charge is 0.356 e. The van der Waals surface area contributed by atoms with Crippen LogP contribution >= 0.6 is 22.6 Å². The zero-order valence-electron chi connectivity index (χ0n) is 21.6. The molecule has 0 aromatic heterocycles. The van der Waals surface area contributed by atoms with Crippen LogP contribution < -0.4 is 10.6 Å². The highest BCUT2D eigenvalue weighted by Crippen LogP contribution is 2.32. The van der Waals surface area contributed by atoms with Crippen molar-refractivity contribution in [2.75, 3.05) is 31.5 Å². The van der Waals surface area contributed by atoms with Gasteiger partial charge in [0.1, 0.15) is 0 Å². The Labute approximate surface area is 224 Å². The number of nitrogens with one attached hydrogen (secondary N) is 2. The maximum absolute atomic E-state index is 12.6. The molecule has 2 N–H and O–H groups in total. The van der Waals surface area contributed by atoms with E-state index in [2.05, 4.69) is 81.4 Å². The van der Waals surface area contributed by atoms with Crippen LogP contribution in [-0.2, 0) is 14.0 Å². The number of aryl methyl sites for hydroxylation is 1. The van der Waals surface area contributed by atoms with Gasteiger partial charge < -0.3 is 15.5 Å². The van der Waals surface area contributed by atoms with Crippen molar-refractivity contribution in [2.24, 2.45) is 5.92 Å². The molecule has 1 aliphatic rings. The van der Waals surface area contributed by atoms with Crippen LogP contribution in [0.5, 0.6) is 0 Å². The lowest BCUT2D eigenvalue weighted by Crippen LogP contribution is -2.36. The number of amides is 2. The van der Waals surface area contributed by atoms with E-state index in [1.165, 1.54) is 16.7 Å². The van der Waals surface area contributed by atoms with Gasteiger partial charge in [0.2, 0.25) is 11.8 Å². The van der Waals surface area contributed by atoms with Crippen LogP contribution in [0.15, 0.2) is 42.5 Å². The normalized spacial score (nSPS) is 15.7. The third-order valence-corrected chi connectivity index (χ3v) is 7.96. The number of carbonyl (C=O) groups is 2. The van der Waals surface area contributed by atoms with E-state index >= 15 is 0 Å². The molecule has 1 heterocycles. The van der Waals surface area contributed by atoms with Crippen LogP contribution in [0.2, 0.25) is 0 Å². The van der Waals surface area contributed by atoms with Crippen LogP contribution in [0, 0.1) is 12.8 Å². The Morgan fingerprint density at radius 3 is 2.34 bits per heavy atom. The molecule has 1 atom stereocenters. The van der Waals surface area contributed by atoms with Crippen molar-refractivity contribution in [3.8, 4) is 0 Å². The third-order valence-electron chi connectivity index (χ3n) is 7.08. The number of anilines is 1. The lowest BCUT2D eigenvalue weighted by Gasteiger charge is -2.33. The standard InChI is InChI=1S/C29H40IN3O2/c1-20(2)28(34)32-26-11-6-21(3)27(18-26)25-12-16-33(17-13-25)15-5-14-31-29(35)22(4)24-9-7-23(19-30)8-10-24/h6-11,18,20,22,25H,5,12-17,19H2,1-4H3,(H,31,35)(H,32,34)/t22-/m1/s1. The smallest absolute Gasteiger partial charge is 0.227 e. The summed E-state index contributed by atoms with van der Waals surface area (Å²) in [4.78, 5) is 27.2. The van der Waals surface area contributed by atoms with Gasteiger partial charge in [-0.3, -0.25) is 9.59 Å². The molecule has 35 heavy (non-hydrogen) atoms. The number of halogens is 1. The molecule has 190 valence electrons. The molecule has 0 bridgehead atoms. The van der Waals surface area contributed by atoms with E-state index in [1.54, 1.807) is 0 Å². The van der Waals surface area contributed by atoms with E-state index in [1.807, 2.05) is 26.8 Å². The van der Waals surface area contributed by atoms with Crippen LogP contribution in [0.3, 0.4) is 0 Å². The van der Waals surface area contributed by atoms with Gasteiger partial charge in [0.15, 0.2) is 0 Å². The zero-order chi connectivity index (χ0) is 25.4. The fraction of sp³-hybridized carbons (Fsp3) is 0.517. The van der Waals surface area contributed by atoms with Crippen molar-refractivity contribution in [3.63, 3.8) is 0 Å². The molecular formula is C29H40IN3O2. The Morgan fingerprint density at radius 2 is 1.71 bits per heavy atom. The highest BCUT2D eigenvalue weighted by molar-refractivity contribution is 14.1. The summed E-state index contributed by atoms with van der Waals surface area (Å²) >= 11 is 2.35. The van der Waals surface area contributed by atoms with E-state index in [4.69, 9.17) is 0 Å². The summed E-state index contributed by atoms with van der Waals surface area (Å²) in [5.74, 6) is 0.541. The van der Waals surface area contributed by atoms with Crippen molar-refractivity contribution in [1.29, 1.82) is 0 Å². The molecule has 0 saturated carbocycles. The van der Waals surface area contributed by atoms with Gasteiger partial charge in [-0.2, -0.15) is 0 Å². The second-order valence-electron chi connectivity index (χ2n) is 10.1. The molecule has 0 aliphatic carbocycles. The number of alkyl halides is 1. The highest BCUT2D eigenvalue weighted by atomic mass is 127. The number of piperidine rings is 1. The number of likely N-dealkylation sites (tertiary alicyclic amines) is 1. The van der Waals surface area contributed by atoms with Crippen LogP contribution in [-0.4, -0.2) is 42.9 Å². The highest BCUT2D eigenvalue weighted by Gasteiger charge is 2.22. The monoisotopic (exact) mass is 589 g/mol. The van der Waals surface area contributed by atoms with Crippen molar-refractivity contribution < 1.29 is 9.59 Å². The summed E-state index contributed by atoms with van der Waals surface area (Å²) in [6.07, 6.45) is 3.21. The first-order valence-electron chi connectivity index (χ1n) is 12.8. The summed E-state index contributed by atoms with van der Waals surface area (Å²) in [5, 5.41) is 6.16. The molecule has 1 fully saturated rings. The quantitative estimate of drug-likeness (QED) is 0.203. The molecule has 1 saturated heterocycles. The van der Waals surface area contributed by atoms with E-state index < -0.39 is 0 Å². The second kappa shape index (κ2) is 13.4. The average Bonchev–Trinajstić information content (AvgIpc) is 2.87. The van der Waals surface area contributed by atoms with Gasteiger partial charge >= 0.3 is 0 Å². The van der Waals surface area contributed by atoms with Crippen molar-refractivity contribution >= 4 is 40.1 Å². The van der Waals surface area contributed by atoms with E-state index in [-0.39, 0.29) is 23.7 Å². The van der Waals surface area contributed by atoms with Crippen molar-refractivity contribution in [2.45, 2.75) is 63.2 Å². The summed E-state index contributed by atoms with van der Waals surface area (Å²) in [6.45, 7) is 11.8. The first-order chi connectivity index (χ1) is 16.8. The summed E-state index contributed by atoms with van der Waals surface area (Å²) in [7, 11) is 0. The molecule has 0 unspecified atom stereocenters. The van der Waals surface area contributed by atoms with E-state index in [0.29, 0.717) is 12.5 Å². The number of rotatable bonds is 10. The molecule has 0 radical (unpaired) electrons. The maximum Gasteiger partial charge on any atom is 0.227 e. The third kappa shape index (κ3) is 8.04. The number of hydrogen-bond acceptors (Lipinski definition) is 3. The van der Waals surface area contributed by atoms with Gasteiger partial charge in [-0.25, -0.2) is 0 Å². The average molecular weight is 590 g/mol. The Bertz CT molecular complexity index is 982. The Kier molecular flexibility index (Phi) is 10.6. The fourth-order valence-electron chi connectivity index (χ4n) is 4.63. The predicted molar refractivity (Wildman–Crippen MR) is 153 cm³/mol. The van der Waals surface area contributed by atoms with Crippen LogP contribution in [0.25, 0.3) is 0 Å². The molecule has 6 heteroatoms. The molecule has 2 amide bonds. The first kappa shape index (κ1) is 27.7. The minimum absolute atomic E-state index is 0.0249. The van der Waals surface area contributed by atoms with Crippen LogP contribution in [0.4, 0.5) is 5.69 Å². The van der Waals surface area contributed by atoms with Gasteiger partial charge in [0.05, 0.1) is 5.92 Å². The van der Waals surface area contributed by atoms with Crippen molar-refractivity contribution in [1.82, 2.24) is 10.2 Å². The summed E-state index contributed by atoms with van der Waals surface area (Å²) < 4.78 is 0.984. The number of carbonyl (C=O) groups excluding carboxylic acids is 2. The van der Waals surface area contributed by atoms with E-state index in [0.717, 1.165) is 54.6 Å². The Balaban J connectivity index is 1.40. The molecule has 2 aromatic rings. The SMILES string of the molecule is Cc1ccc(NC(=O)C(C)C)cc1C1CCN(CCCNC(=O)[C@H](C)c2ccc(CI)cc2)CC1. The predicted octanol–water partition coefficient (Wildman–Crippen LogP) is 6.01. The van der Waals surface area contributed by atoms with Gasteiger partial charge in [-0.1, -0.05) is 66.8 Å². The number of benzene rings is 2. The second-order valence-corrected chi connectivity index (χ2v) is 10.8. The lowest BCUT2D eigenvalue weighted by atomic mass is 9.86. The number of nitrogens with zero attached hydrogens (tertiary/aromatic N) is 1. The van der Waals surface area contributed by atoms with Gasteiger partial charge in [0, 0.05) is 22.6 Å². The first-order valence-corrected chi connectivity index (χ1v) is 14.4. The maximum atomic E-state index is 12.6. The molecule has 1 aliphatic heterocycles. The van der Waals surface area contributed by atoms with Gasteiger partial charge in [-0.15, -0.1) is 0 Å². The Hall–Kier alpha value is -1.93. The van der Waals surface area contributed by atoms with Gasteiger partial charge in [-0.05, 0) is 93.0 Å². The van der Waals surface area contributed by atoms with Gasteiger partial charge in [0.25, 0.3) is 0 Å². The number of hydrogen-bond donors (Lipinski definition) is 2. The summed E-state index contributed by atoms with van der Waals surface area (Å²) in [6, 6.07) is 14.6. The topological polar surface area (TPSA) is 61.4 Å². The minimum Gasteiger partial charge on any atom is -0.356 e. The fourth-order valence-corrected chi connectivity index (χ4v) is 5.13. The minimum atomic E-state index is -0.127. The molecule has 0 spiro atoms. The lowest BCUT2D eigenvalue weighted by molar-refractivity contribution is -0.122. The molecule has 5 nitrogen and oxygen atoms in total. The Morgan fingerprint density at radius 1 is 1.03 bits per heavy atom. The van der Waals surface area contributed by atoms with Crippen LogP contribution in [0.1, 0.15) is 74.1 Å². The summed E-state index contributed by atoms with van der Waals surface area (Å²) in [5.41, 5.74) is 5.91. The molecule has 3 rings (SSSR count). The van der Waals surface area contributed by atoms with E-state index in [9.17, 15) is 9.59 Å². The zero-order valence-corrected chi connectivity index (χ0v) is 23.7. The molecular weight excluding hydrogens is 549 g/mol. The van der Waals surface area contributed by atoms with Crippen molar-refractivity contribution in [3.05, 3.63) is 64.7 Å². The molecule has 2 aromatic carbocycles.